The van der Waals surface area contributed by atoms with Crippen LogP contribution in [0.1, 0.15) is 11.1 Å². The minimum atomic E-state index is -3.61. The van der Waals surface area contributed by atoms with Gasteiger partial charge in [-0.3, -0.25) is 0 Å². The van der Waals surface area contributed by atoms with Gasteiger partial charge in [0, 0.05) is 0 Å². The third-order valence-electron chi connectivity index (χ3n) is 2.43. The summed E-state index contributed by atoms with van der Waals surface area (Å²) in [6.45, 7) is 3.79. The van der Waals surface area contributed by atoms with Gasteiger partial charge in [-0.25, -0.2) is 18.2 Å². The number of hydrogen-bond donors (Lipinski definition) is 2. The van der Waals surface area contributed by atoms with Crippen molar-refractivity contribution in [2.75, 3.05) is 4.72 Å². The number of aromatic nitrogens is 3. The van der Waals surface area contributed by atoms with Gasteiger partial charge in [0.05, 0.1) is 4.90 Å². The molecule has 17 heavy (non-hydrogen) atoms. The molecule has 0 amide bonds. The molecule has 0 bridgehead atoms. The lowest BCUT2D eigenvalue weighted by molar-refractivity contribution is 0.600. The summed E-state index contributed by atoms with van der Waals surface area (Å²) in [5, 5.41) is 6.01. The maximum Gasteiger partial charge on any atom is 0.264 e. The van der Waals surface area contributed by atoms with Crippen molar-refractivity contribution in [3.05, 3.63) is 35.7 Å². The van der Waals surface area contributed by atoms with Crippen LogP contribution in [0, 0.1) is 13.8 Å². The van der Waals surface area contributed by atoms with Crippen LogP contribution in [0.4, 0.5) is 5.95 Å². The first-order valence-corrected chi connectivity index (χ1v) is 6.43. The molecule has 0 aliphatic carbocycles. The monoisotopic (exact) mass is 252 g/mol. The molecule has 7 heteroatoms. The molecule has 0 atom stereocenters. The molecule has 2 N–H and O–H groups in total. The summed E-state index contributed by atoms with van der Waals surface area (Å²) in [5.41, 5.74) is 1.97. The van der Waals surface area contributed by atoms with E-state index in [1.807, 2.05) is 13.8 Å². The molecule has 0 spiro atoms. The van der Waals surface area contributed by atoms with Crippen LogP contribution in [0.5, 0.6) is 0 Å². The second-order valence-electron chi connectivity index (χ2n) is 3.69. The number of hydrogen-bond acceptors (Lipinski definition) is 4. The quantitative estimate of drug-likeness (QED) is 0.859. The van der Waals surface area contributed by atoms with Crippen LogP contribution in [0.3, 0.4) is 0 Å². The highest BCUT2D eigenvalue weighted by molar-refractivity contribution is 7.92. The van der Waals surface area contributed by atoms with Crippen molar-refractivity contribution in [3.8, 4) is 0 Å². The standard InChI is InChI=1S/C10H12N4O2S/c1-7-3-4-9(5-8(7)2)17(15,16)14-10-11-6-12-13-10/h3-6H,1-2H3,(H2,11,12,13,14). The summed E-state index contributed by atoms with van der Waals surface area (Å²) >= 11 is 0. The lowest BCUT2D eigenvalue weighted by atomic mass is 10.1. The third kappa shape index (κ3) is 2.44. The zero-order chi connectivity index (χ0) is 12.5. The predicted molar refractivity (Wildman–Crippen MR) is 63.1 cm³/mol. The molecule has 1 aromatic carbocycles. The van der Waals surface area contributed by atoms with Crippen LogP contribution in [-0.2, 0) is 10.0 Å². The molecule has 2 rings (SSSR count). The van der Waals surface area contributed by atoms with Crippen molar-refractivity contribution in [3.63, 3.8) is 0 Å². The first kappa shape index (κ1) is 11.6. The lowest BCUT2D eigenvalue weighted by Gasteiger charge is -2.07. The van der Waals surface area contributed by atoms with Gasteiger partial charge in [0.2, 0.25) is 5.95 Å². The Morgan fingerprint density at radius 1 is 1.24 bits per heavy atom. The van der Waals surface area contributed by atoms with E-state index in [1.54, 1.807) is 18.2 Å². The van der Waals surface area contributed by atoms with Gasteiger partial charge in [0.1, 0.15) is 6.33 Å². The molecule has 0 aliphatic heterocycles. The first-order chi connectivity index (χ1) is 7.99. The number of rotatable bonds is 3. The fraction of sp³-hybridized carbons (Fsp3) is 0.200. The zero-order valence-corrected chi connectivity index (χ0v) is 10.2. The number of nitrogens with zero attached hydrogens (tertiary/aromatic N) is 2. The lowest BCUT2D eigenvalue weighted by Crippen LogP contribution is -2.14. The minimum absolute atomic E-state index is 0.100. The Morgan fingerprint density at radius 3 is 2.59 bits per heavy atom. The number of anilines is 1. The SMILES string of the molecule is Cc1ccc(S(=O)(=O)Nc2ncn[nH]2)cc1C. The van der Waals surface area contributed by atoms with Gasteiger partial charge in [0.15, 0.2) is 0 Å². The molecule has 1 aromatic heterocycles. The first-order valence-electron chi connectivity index (χ1n) is 4.94. The van der Waals surface area contributed by atoms with Crippen molar-refractivity contribution in [1.29, 1.82) is 0 Å². The fourth-order valence-electron chi connectivity index (χ4n) is 1.32. The molecule has 0 radical (unpaired) electrons. The van der Waals surface area contributed by atoms with Crippen molar-refractivity contribution in [2.45, 2.75) is 18.7 Å². The van der Waals surface area contributed by atoms with Crippen LogP contribution >= 0.6 is 0 Å². The number of H-pyrrole nitrogens is 1. The smallest absolute Gasteiger partial charge is 0.248 e. The highest BCUT2D eigenvalue weighted by atomic mass is 32.2. The maximum absolute atomic E-state index is 12.0. The van der Waals surface area contributed by atoms with Crippen LogP contribution < -0.4 is 4.72 Å². The predicted octanol–water partition coefficient (Wildman–Crippen LogP) is 1.22. The van der Waals surface area contributed by atoms with E-state index in [2.05, 4.69) is 19.9 Å². The minimum Gasteiger partial charge on any atom is -0.248 e. The third-order valence-corrected chi connectivity index (χ3v) is 3.77. The van der Waals surface area contributed by atoms with E-state index in [-0.39, 0.29) is 10.8 Å². The summed E-state index contributed by atoms with van der Waals surface area (Å²) in [6.07, 6.45) is 1.23. The highest BCUT2D eigenvalue weighted by Crippen LogP contribution is 2.16. The average molecular weight is 252 g/mol. The molecular weight excluding hydrogens is 240 g/mol. The molecule has 0 fully saturated rings. The average Bonchev–Trinajstić information content (AvgIpc) is 2.73. The number of sulfonamides is 1. The molecule has 90 valence electrons. The fourth-order valence-corrected chi connectivity index (χ4v) is 2.37. The van der Waals surface area contributed by atoms with E-state index in [9.17, 15) is 8.42 Å². The van der Waals surface area contributed by atoms with Crippen LogP contribution in [0.25, 0.3) is 0 Å². The van der Waals surface area contributed by atoms with Crippen molar-refractivity contribution in [2.24, 2.45) is 0 Å². The Balaban J connectivity index is 2.35. The molecule has 2 aromatic rings. The van der Waals surface area contributed by atoms with E-state index in [0.29, 0.717) is 0 Å². The van der Waals surface area contributed by atoms with Crippen LogP contribution in [0.2, 0.25) is 0 Å². The Bertz CT molecular complexity index is 620. The Kier molecular flexibility index (Phi) is 2.84. The van der Waals surface area contributed by atoms with Gasteiger partial charge in [-0.15, -0.1) is 0 Å². The molecule has 0 unspecified atom stereocenters. The Labute approximate surface area is 99.1 Å². The Morgan fingerprint density at radius 2 is 2.00 bits per heavy atom. The second kappa shape index (κ2) is 4.17. The maximum atomic E-state index is 12.0. The molecule has 6 nitrogen and oxygen atoms in total. The summed E-state index contributed by atoms with van der Waals surface area (Å²) < 4.78 is 26.2. The summed E-state index contributed by atoms with van der Waals surface area (Å²) in [7, 11) is -3.61. The number of aryl methyl sites for hydroxylation is 2. The largest absolute Gasteiger partial charge is 0.264 e. The van der Waals surface area contributed by atoms with E-state index in [0.717, 1.165) is 11.1 Å². The highest BCUT2D eigenvalue weighted by Gasteiger charge is 2.15. The van der Waals surface area contributed by atoms with E-state index >= 15 is 0 Å². The van der Waals surface area contributed by atoms with Gasteiger partial charge in [-0.2, -0.15) is 10.1 Å². The van der Waals surface area contributed by atoms with Crippen LogP contribution in [0.15, 0.2) is 29.4 Å². The van der Waals surface area contributed by atoms with Gasteiger partial charge < -0.3 is 0 Å². The number of benzene rings is 1. The van der Waals surface area contributed by atoms with E-state index in [4.69, 9.17) is 0 Å². The zero-order valence-electron chi connectivity index (χ0n) is 9.43. The second-order valence-corrected chi connectivity index (χ2v) is 5.37. The van der Waals surface area contributed by atoms with Gasteiger partial charge in [0.25, 0.3) is 10.0 Å². The van der Waals surface area contributed by atoms with Gasteiger partial charge >= 0.3 is 0 Å². The van der Waals surface area contributed by atoms with Crippen molar-refractivity contribution in [1.82, 2.24) is 15.2 Å². The normalized spacial score (nSPS) is 11.4. The van der Waals surface area contributed by atoms with Crippen LogP contribution in [-0.4, -0.2) is 23.6 Å². The summed E-state index contributed by atoms with van der Waals surface area (Å²) in [6, 6.07) is 4.94. The number of nitrogens with one attached hydrogen (secondary N) is 2. The molecule has 1 heterocycles. The molecular formula is C10H12N4O2S. The molecule has 0 saturated heterocycles. The number of aromatic amines is 1. The molecule has 0 aliphatic rings. The van der Waals surface area contributed by atoms with Crippen molar-refractivity contribution >= 4 is 16.0 Å². The summed E-state index contributed by atoms with van der Waals surface area (Å²) in [5.74, 6) is 0.100. The van der Waals surface area contributed by atoms with Gasteiger partial charge in [-0.05, 0) is 37.1 Å². The van der Waals surface area contributed by atoms with E-state index < -0.39 is 10.0 Å². The topological polar surface area (TPSA) is 87.7 Å². The van der Waals surface area contributed by atoms with Crippen molar-refractivity contribution < 1.29 is 8.42 Å². The molecule has 0 saturated carbocycles. The summed E-state index contributed by atoms with van der Waals surface area (Å²) in [4.78, 5) is 3.92. The van der Waals surface area contributed by atoms with Gasteiger partial charge in [-0.1, -0.05) is 6.07 Å². The Hall–Kier alpha value is -1.89. The van der Waals surface area contributed by atoms with E-state index in [1.165, 1.54) is 6.33 Å².